The lowest BCUT2D eigenvalue weighted by atomic mass is 9.95. The Labute approximate surface area is 162 Å². The molecule has 6 nitrogen and oxygen atoms in total. The molecule has 3 aromatic rings. The maximum atomic E-state index is 11.8. The molecular weight excluding hydrogens is 358 g/mol. The Hall–Kier alpha value is -3.28. The first-order chi connectivity index (χ1) is 13.5. The first-order valence-corrected chi connectivity index (χ1v) is 9.27. The fraction of sp³-hybridized carbons (Fsp3) is 0.273. The van der Waals surface area contributed by atoms with Gasteiger partial charge in [-0.1, -0.05) is 12.1 Å². The van der Waals surface area contributed by atoms with Gasteiger partial charge in [0.25, 0.3) is 0 Å². The summed E-state index contributed by atoms with van der Waals surface area (Å²) >= 11 is 0. The van der Waals surface area contributed by atoms with Crippen molar-refractivity contribution < 1.29 is 24.5 Å². The molecule has 0 saturated carbocycles. The second-order valence-corrected chi connectivity index (χ2v) is 7.05. The van der Waals surface area contributed by atoms with Crippen LogP contribution < -0.4 is 4.74 Å². The van der Waals surface area contributed by atoms with E-state index in [0.717, 1.165) is 42.3 Å². The molecule has 0 spiro atoms. The van der Waals surface area contributed by atoms with Gasteiger partial charge in [0.05, 0.1) is 24.8 Å². The van der Waals surface area contributed by atoms with E-state index in [-0.39, 0.29) is 11.1 Å². The molecule has 0 fully saturated rings. The first-order valence-electron chi connectivity index (χ1n) is 9.27. The van der Waals surface area contributed by atoms with Crippen molar-refractivity contribution in [2.45, 2.75) is 32.2 Å². The molecule has 0 amide bonds. The minimum Gasteiger partial charge on any atom is -0.496 e. The van der Waals surface area contributed by atoms with Gasteiger partial charge in [-0.2, -0.15) is 0 Å². The Morgan fingerprint density at radius 3 is 2.57 bits per heavy atom. The van der Waals surface area contributed by atoms with Gasteiger partial charge < -0.3 is 19.5 Å². The van der Waals surface area contributed by atoms with E-state index in [1.165, 1.54) is 12.7 Å². The van der Waals surface area contributed by atoms with Crippen LogP contribution in [-0.2, 0) is 19.4 Å². The second-order valence-electron chi connectivity index (χ2n) is 7.05. The highest BCUT2D eigenvalue weighted by Crippen LogP contribution is 2.35. The Kier molecular flexibility index (Phi) is 4.55. The van der Waals surface area contributed by atoms with Crippen LogP contribution in [-0.4, -0.2) is 33.8 Å². The number of aryl methyl sites for hydroxylation is 1. The number of fused-ring (bicyclic) bond motifs is 3. The number of ether oxygens (including phenoxy) is 1. The number of carboxylic acids is 2. The number of methoxy groups -OCH3 is 1. The van der Waals surface area contributed by atoms with E-state index in [9.17, 15) is 19.8 Å². The third-order valence-electron chi connectivity index (χ3n) is 5.52. The Balaban J connectivity index is 1.96. The lowest BCUT2D eigenvalue weighted by Gasteiger charge is -2.18. The maximum Gasteiger partial charge on any atom is 0.336 e. The molecule has 28 heavy (non-hydrogen) atoms. The summed E-state index contributed by atoms with van der Waals surface area (Å²) in [7, 11) is 1.52. The van der Waals surface area contributed by atoms with E-state index >= 15 is 0 Å². The summed E-state index contributed by atoms with van der Waals surface area (Å²) in [5.41, 5.74) is 4.23. The number of aromatic carboxylic acids is 2. The Bertz CT molecular complexity index is 1100. The molecule has 1 aliphatic carbocycles. The zero-order chi connectivity index (χ0) is 19.8. The van der Waals surface area contributed by atoms with Crippen molar-refractivity contribution in [3.63, 3.8) is 0 Å². The number of carbonyl (C=O) groups is 2. The number of benzene rings is 2. The van der Waals surface area contributed by atoms with Gasteiger partial charge in [-0.25, -0.2) is 9.59 Å². The van der Waals surface area contributed by atoms with Gasteiger partial charge in [0.1, 0.15) is 5.75 Å². The molecule has 2 N–H and O–H groups in total. The lowest BCUT2D eigenvalue weighted by Crippen LogP contribution is -2.13. The van der Waals surface area contributed by atoms with Crippen LogP contribution in [0, 0.1) is 0 Å². The molecule has 4 rings (SSSR count). The predicted molar refractivity (Wildman–Crippen MR) is 105 cm³/mol. The van der Waals surface area contributed by atoms with Crippen LogP contribution in [0.25, 0.3) is 10.9 Å². The van der Waals surface area contributed by atoms with Crippen LogP contribution in [0.15, 0.2) is 36.4 Å². The normalized spacial score (nSPS) is 13.3. The first kappa shape index (κ1) is 18.1. The van der Waals surface area contributed by atoms with Gasteiger partial charge in [-0.05, 0) is 55.5 Å². The van der Waals surface area contributed by atoms with Crippen molar-refractivity contribution in [3.8, 4) is 5.75 Å². The third kappa shape index (κ3) is 2.91. The maximum absolute atomic E-state index is 11.8. The molecule has 0 atom stereocenters. The molecule has 1 aliphatic rings. The van der Waals surface area contributed by atoms with Gasteiger partial charge in [0, 0.05) is 22.2 Å². The van der Waals surface area contributed by atoms with E-state index in [1.54, 1.807) is 30.3 Å². The molecular formula is C22H21NO5. The van der Waals surface area contributed by atoms with Crippen molar-refractivity contribution >= 4 is 22.8 Å². The fourth-order valence-electron chi connectivity index (χ4n) is 4.23. The number of carboxylic acid groups (broad SMARTS) is 2. The summed E-state index contributed by atoms with van der Waals surface area (Å²) in [5, 5.41) is 20.1. The molecule has 0 bridgehead atoms. The van der Waals surface area contributed by atoms with Crippen molar-refractivity contribution in [2.75, 3.05) is 7.11 Å². The highest BCUT2D eigenvalue weighted by atomic mass is 16.5. The molecule has 144 valence electrons. The number of rotatable bonds is 5. The lowest BCUT2D eigenvalue weighted by molar-refractivity contribution is 0.0685. The van der Waals surface area contributed by atoms with Gasteiger partial charge in [0.2, 0.25) is 0 Å². The summed E-state index contributed by atoms with van der Waals surface area (Å²) in [6, 6.07) is 10.2. The molecule has 0 radical (unpaired) electrons. The monoisotopic (exact) mass is 379 g/mol. The SMILES string of the molecule is COc1cccc(C(=O)O)c1Cn1c2c(c3ccc(C(=O)O)cc31)CCCC2. The van der Waals surface area contributed by atoms with Crippen molar-refractivity contribution in [1.29, 1.82) is 0 Å². The molecule has 0 unspecified atom stereocenters. The zero-order valence-corrected chi connectivity index (χ0v) is 15.6. The molecule has 6 heteroatoms. The fourth-order valence-corrected chi connectivity index (χ4v) is 4.23. The van der Waals surface area contributed by atoms with Crippen LogP contribution >= 0.6 is 0 Å². The van der Waals surface area contributed by atoms with E-state index < -0.39 is 11.9 Å². The summed E-state index contributed by atoms with van der Waals surface area (Å²) in [4.78, 5) is 23.3. The third-order valence-corrected chi connectivity index (χ3v) is 5.52. The largest absolute Gasteiger partial charge is 0.496 e. The number of hydrogen-bond donors (Lipinski definition) is 2. The van der Waals surface area contributed by atoms with Gasteiger partial charge >= 0.3 is 11.9 Å². The van der Waals surface area contributed by atoms with Crippen molar-refractivity contribution in [2.24, 2.45) is 0 Å². The van der Waals surface area contributed by atoms with Gasteiger partial charge in [0.15, 0.2) is 0 Å². The minimum absolute atomic E-state index is 0.195. The van der Waals surface area contributed by atoms with Crippen LogP contribution in [0.2, 0.25) is 0 Å². The predicted octanol–water partition coefficient (Wildman–Crippen LogP) is 3.97. The summed E-state index contributed by atoms with van der Waals surface area (Å²) < 4.78 is 7.50. The Morgan fingerprint density at radius 2 is 1.86 bits per heavy atom. The minimum atomic E-state index is -1.01. The molecule has 1 heterocycles. The highest BCUT2D eigenvalue weighted by molar-refractivity contribution is 5.95. The van der Waals surface area contributed by atoms with Crippen molar-refractivity contribution in [3.05, 3.63) is 64.3 Å². The molecule has 1 aromatic heterocycles. The van der Waals surface area contributed by atoms with Gasteiger partial charge in [-0.3, -0.25) is 0 Å². The van der Waals surface area contributed by atoms with E-state index in [0.29, 0.717) is 17.9 Å². The highest BCUT2D eigenvalue weighted by Gasteiger charge is 2.23. The average Bonchev–Trinajstić information content (AvgIpc) is 3.01. The van der Waals surface area contributed by atoms with Crippen LogP contribution in [0.3, 0.4) is 0 Å². The number of aromatic nitrogens is 1. The summed E-state index contributed by atoms with van der Waals surface area (Å²) in [6.07, 6.45) is 4.00. The molecule has 2 aromatic carbocycles. The molecule has 0 aliphatic heterocycles. The van der Waals surface area contributed by atoms with Crippen LogP contribution in [0.1, 0.15) is 50.4 Å². The van der Waals surface area contributed by atoms with E-state index in [2.05, 4.69) is 4.57 Å². The van der Waals surface area contributed by atoms with E-state index in [1.807, 2.05) is 6.07 Å². The number of hydrogen-bond acceptors (Lipinski definition) is 3. The van der Waals surface area contributed by atoms with Crippen LogP contribution in [0.4, 0.5) is 0 Å². The average molecular weight is 379 g/mol. The standard InChI is InChI=1S/C22H21NO5/c1-28-20-8-4-6-16(22(26)27)17(20)12-23-18-7-3-2-5-14(18)15-10-9-13(21(24)25)11-19(15)23/h4,6,8-11H,2-3,5,7,12H2,1H3,(H,24,25)(H,26,27). The summed E-state index contributed by atoms with van der Waals surface area (Å²) in [5.74, 6) is -1.47. The topological polar surface area (TPSA) is 88.8 Å². The van der Waals surface area contributed by atoms with E-state index in [4.69, 9.17) is 4.74 Å². The second kappa shape index (κ2) is 7.03. The summed E-state index contributed by atoms with van der Waals surface area (Å²) in [6.45, 7) is 0.320. The zero-order valence-electron chi connectivity index (χ0n) is 15.6. The van der Waals surface area contributed by atoms with Crippen LogP contribution in [0.5, 0.6) is 5.75 Å². The molecule has 0 saturated heterocycles. The quantitative estimate of drug-likeness (QED) is 0.700. The number of nitrogens with zero attached hydrogens (tertiary/aromatic N) is 1. The van der Waals surface area contributed by atoms with Crippen molar-refractivity contribution in [1.82, 2.24) is 4.57 Å². The van der Waals surface area contributed by atoms with Gasteiger partial charge in [-0.15, -0.1) is 0 Å². The Morgan fingerprint density at radius 1 is 1.07 bits per heavy atom. The smallest absolute Gasteiger partial charge is 0.336 e.